The van der Waals surface area contributed by atoms with Crippen molar-refractivity contribution in [1.82, 2.24) is 0 Å². The number of carbonyl (C=O) groups excluding carboxylic acids is 1. The summed E-state index contributed by atoms with van der Waals surface area (Å²) in [6, 6.07) is 0. The van der Waals surface area contributed by atoms with Gasteiger partial charge in [-0.2, -0.15) is 0 Å². The predicted octanol–water partition coefficient (Wildman–Crippen LogP) is 6.14. The lowest BCUT2D eigenvalue weighted by Gasteiger charge is -2.44. The summed E-state index contributed by atoms with van der Waals surface area (Å²) >= 11 is 0. The van der Waals surface area contributed by atoms with E-state index in [4.69, 9.17) is 23.5 Å². The number of carbonyl (C=O) groups is 2. The van der Waals surface area contributed by atoms with Crippen LogP contribution in [0.1, 0.15) is 68.2 Å². The molecule has 8 heteroatoms. The van der Waals surface area contributed by atoms with Crippen molar-refractivity contribution in [3.63, 3.8) is 0 Å². The lowest BCUT2D eigenvalue weighted by atomic mass is 9.95. The van der Waals surface area contributed by atoms with Crippen molar-refractivity contribution in [1.29, 1.82) is 0 Å². The topological polar surface area (TPSA) is 82.1 Å². The fourth-order valence-electron chi connectivity index (χ4n) is 2.58. The number of ether oxygens (including phenoxy) is 1. The molecule has 0 bridgehead atoms. The Morgan fingerprint density at radius 2 is 1.39 bits per heavy atom. The minimum atomic E-state index is -1.94. The molecular weight excluding hydrogens is 428 g/mol. The molecule has 182 valence electrons. The van der Waals surface area contributed by atoms with Gasteiger partial charge >= 0.3 is 5.97 Å². The van der Waals surface area contributed by atoms with Crippen LogP contribution in [0, 0.1) is 0 Å². The molecule has 0 spiro atoms. The Morgan fingerprint density at radius 1 is 0.968 bits per heavy atom. The van der Waals surface area contributed by atoms with E-state index in [-0.39, 0.29) is 28.3 Å². The van der Waals surface area contributed by atoms with Gasteiger partial charge in [0.05, 0.1) is 12.2 Å². The number of hydrogen-bond acceptors (Lipinski definition) is 5. The first-order valence-corrected chi connectivity index (χ1v) is 16.9. The maximum absolute atomic E-state index is 11.3. The highest BCUT2D eigenvalue weighted by Gasteiger charge is 2.43. The maximum Gasteiger partial charge on any atom is 0.302 e. The van der Waals surface area contributed by atoms with Gasteiger partial charge in [0.15, 0.2) is 16.6 Å². The Labute approximate surface area is 192 Å². The number of aliphatic carboxylic acids is 1. The van der Waals surface area contributed by atoms with Crippen LogP contribution in [0.25, 0.3) is 0 Å². The van der Waals surface area contributed by atoms with E-state index in [0.29, 0.717) is 6.61 Å². The normalized spacial score (nSPS) is 20.3. The van der Waals surface area contributed by atoms with Crippen LogP contribution in [0.15, 0.2) is 11.6 Å². The number of carboxylic acid groups (broad SMARTS) is 1. The van der Waals surface area contributed by atoms with Crippen molar-refractivity contribution in [2.45, 2.75) is 117 Å². The molecule has 31 heavy (non-hydrogen) atoms. The summed E-state index contributed by atoms with van der Waals surface area (Å²) < 4.78 is 18.7. The lowest BCUT2D eigenvalue weighted by molar-refractivity contribution is -0.140. The monoisotopic (exact) mass is 474 g/mol. The molecule has 0 aromatic heterocycles. The van der Waals surface area contributed by atoms with E-state index in [0.717, 1.165) is 25.3 Å². The minimum absolute atomic E-state index is 0.0336. The average Bonchev–Trinajstić information content (AvgIpc) is 2.50. The molecule has 0 heterocycles. The lowest BCUT2D eigenvalue weighted by Crippen LogP contribution is -2.49. The van der Waals surface area contributed by atoms with Gasteiger partial charge in [-0.3, -0.25) is 9.59 Å². The fraction of sp³-hybridized carbons (Fsp3) is 0.826. The molecule has 0 aromatic rings. The second-order valence-electron chi connectivity index (χ2n) is 11.4. The highest BCUT2D eigenvalue weighted by atomic mass is 28.4. The maximum atomic E-state index is 11.3. The first-order chi connectivity index (χ1) is 13.7. The van der Waals surface area contributed by atoms with Gasteiger partial charge in [-0.15, -0.1) is 0 Å². The third-order valence-corrected chi connectivity index (χ3v) is 15.5. The largest absolute Gasteiger partial charge is 0.481 e. The van der Waals surface area contributed by atoms with E-state index < -0.39 is 22.6 Å². The molecule has 0 fully saturated rings. The fourth-order valence-corrected chi connectivity index (χ4v) is 5.28. The molecule has 0 aliphatic heterocycles. The van der Waals surface area contributed by atoms with E-state index in [9.17, 15) is 4.79 Å². The average molecular weight is 475 g/mol. The second-order valence-corrected chi connectivity index (χ2v) is 20.9. The van der Waals surface area contributed by atoms with Gasteiger partial charge in [0, 0.05) is 20.3 Å². The van der Waals surface area contributed by atoms with Gasteiger partial charge in [-0.1, -0.05) is 47.6 Å². The molecule has 0 unspecified atom stereocenters. The molecule has 1 rings (SSSR count). The van der Waals surface area contributed by atoms with Gasteiger partial charge in [-0.05, 0) is 48.3 Å². The Bertz CT molecular complexity index is 637. The smallest absolute Gasteiger partial charge is 0.302 e. The van der Waals surface area contributed by atoms with Crippen LogP contribution in [0.4, 0.5) is 0 Å². The van der Waals surface area contributed by atoms with E-state index in [1.165, 1.54) is 6.92 Å². The molecule has 0 saturated carbocycles. The van der Waals surface area contributed by atoms with Crippen molar-refractivity contribution in [2.24, 2.45) is 0 Å². The van der Waals surface area contributed by atoms with Crippen molar-refractivity contribution in [3.8, 4) is 0 Å². The van der Waals surface area contributed by atoms with E-state index in [1.54, 1.807) is 0 Å². The van der Waals surface area contributed by atoms with E-state index in [1.807, 2.05) is 0 Å². The standard InChI is InChI=1S/C21H42O4Si2.C2H4O2/c1-16(22)23-15-17-12-13-18(24-26(8,9)20(2,3)4)14-19(17)25-27(10,11)21(5,6)7;1-2(3)4/h12,18-19H,13-15H2,1-11H3;1H3,(H,3,4)/t18-,19+;/m1./s1. The van der Waals surface area contributed by atoms with E-state index in [2.05, 4.69) is 73.8 Å². The van der Waals surface area contributed by atoms with Gasteiger partial charge in [0.2, 0.25) is 0 Å². The molecule has 0 saturated heterocycles. The molecule has 1 aliphatic carbocycles. The molecule has 1 aliphatic rings. The number of rotatable bonds is 6. The van der Waals surface area contributed by atoms with Crippen LogP contribution < -0.4 is 0 Å². The van der Waals surface area contributed by atoms with E-state index >= 15 is 0 Å². The zero-order valence-corrected chi connectivity index (χ0v) is 23.8. The first-order valence-electron chi connectivity index (χ1n) is 11.1. The molecule has 6 nitrogen and oxygen atoms in total. The summed E-state index contributed by atoms with van der Waals surface area (Å²) in [4.78, 5) is 20.3. The highest BCUT2D eigenvalue weighted by Crippen LogP contribution is 2.42. The minimum Gasteiger partial charge on any atom is -0.481 e. The van der Waals surface area contributed by atoms with Crippen molar-refractivity contribution in [3.05, 3.63) is 11.6 Å². The van der Waals surface area contributed by atoms with Gasteiger partial charge < -0.3 is 18.7 Å². The molecule has 2 atom stereocenters. The van der Waals surface area contributed by atoms with Gasteiger partial charge in [0.1, 0.15) is 6.61 Å². The second kappa shape index (κ2) is 11.3. The molecule has 1 N–H and O–H groups in total. The molecule has 0 aromatic carbocycles. The zero-order valence-electron chi connectivity index (χ0n) is 21.8. The molecule has 0 radical (unpaired) electrons. The number of esters is 1. The molecular formula is C23H46O6Si2. The van der Waals surface area contributed by atoms with Gasteiger partial charge in [0.25, 0.3) is 5.97 Å². The summed E-state index contributed by atoms with van der Waals surface area (Å²) in [6.45, 7) is 25.6. The quantitative estimate of drug-likeness (QED) is 0.283. The Kier molecular flexibility index (Phi) is 10.9. The Hall–Kier alpha value is -0.966. The Balaban J connectivity index is 0.00000206. The van der Waals surface area contributed by atoms with Crippen LogP contribution in [-0.4, -0.2) is 52.5 Å². The summed E-state index contributed by atoms with van der Waals surface area (Å²) in [5, 5.41) is 7.73. The summed E-state index contributed by atoms with van der Waals surface area (Å²) in [5.74, 6) is -1.08. The summed E-state index contributed by atoms with van der Waals surface area (Å²) in [5.41, 5.74) is 1.09. The predicted molar refractivity (Wildman–Crippen MR) is 131 cm³/mol. The number of carboxylic acids is 1. The third-order valence-electron chi connectivity index (χ3n) is 6.49. The van der Waals surface area contributed by atoms with Crippen LogP contribution >= 0.6 is 0 Å². The summed E-state index contributed by atoms with van der Waals surface area (Å²) in [6.07, 6.45) is 4.02. The Morgan fingerprint density at radius 3 is 1.77 bits per heavy atom. The first kappa shape index (κ1) is 30.0. The highest BCUT2D eigenvalue weighted by molar-refractivity contribution is 6.74. The molecule has 0 amide bonds. The third kappa shape index (κ3) is 10.5. The van der Waals surface area contributed by atoms with Crippen LogP contribution in [0.2, 0.25) is 36.3 Å². The SMILES string of the molecule is CC(=O)O.CC(=O)OCC1=CC[C@@H](O[Si](C)(C)C(C)(C)C)C[C@@H]1O[Si](C)(C)C(C)(C)C. The van der Waals surface area contributed by atoms with Crippen LogP contribution in [0.3, 0.4) is 0 Å². The van der Waals surface area contributed by atoms with Crippen LogP contribution in [-0.2, 0) is 23.2 Å². The van der Waals surface area contributed by atoms with Crippen molar-refractivity contribution >= 4 is 28.6 Å². The van der Waals surface area contributed by atoms with Crippen molar-refractivity contribution in [2.75, 3.05) is 6.61 Å². The number of hydrogen-bond donors (Lipinski definition) is 1. The zero-order chi connectivity index (χ0) is 24.8. The van der Waals surface area contributed by atoms with Gasteiger partial charge in [-0.25, -0.2) is 0 Å². The van der Waals surface area contributed by atoms with Crippen LogP contribution in [0.5, 0.6) is 0 Å². The summed E-state index contributed by atoms with van der Waals surface area (Å²) in [7, 11) is -3.78. The van der Waals surface area contributed by atoms with Crippen molar-refractivity contribution < 1.29 is 28.3 Å².